The average Bonchev–Trinajstić information content (AvgIpc) is 2.70. The zero-order chi connectivity index (χ0) is 22.4. The summed E-state index contributed by atoms with van der Waals surface area (Å²) in [4.78, 5) is 18.9. The molecule has 0 spiro atoms. The van der Waals surface area contributed by atoms with E-state index in [1.54, 1.807) is 18.2 Å². The Morgan fingerprint density at radius 2 is 1.65 bits per heavy atom. The van der Waals surface area contributed by atoms with E-state index >= 15 is 0 Å². The summed E-state index contributed by atoms with van der Waals surface area (Å²) < 4.78 is 78.8. The third-order valence-corrected chi connectivity index (χ3v) is 4.81. The van der Waals surface area contributed by atoms with Crippen molar-refractivity contribution in [2.75, 3.05) is 5.32 Å². The third-order valence-electron chi connectivity index (χ3n) is 4.81. The molecule has 0 saturated heterocycles. The monoisotopic (exact) mass is 437 g/mol. The summed E-state index contributed by atoms with van der Waals surface area (Å²) in [7, 11) is 0. The van der Waals surface area contributed by atoms with E-state index in [0.29, 0.717) is 45.7 Å². The fourth-order valence-electron chi connectivity index (χ4n) is 3.36. The molecule has 0 atom stereocenters. The number of hydrogen-bond donors (Lipinski definition) is 2. The van der Waals surface area contributed by atoms with Crippen LogP contribution in [0.3, 0.4) is 0 Å². The largest absolute Gasteiger partial charge is 0.416 e. The highest BCUT2D eigenvalue weighted by molar-refractivity contribution is 6.05. The number of hydrogen-bond acceptors (Lipinski definition) is 3. The maximum Gasteiger partial charge on any atom is 0.416 e. The Balaban J connectivity index is 1.74. The number of nitrogens with zero attached hydrogens (tertiary/aromatic N) is 1. The minimum absolute atomic E-state index is 0.341. The van der Waals surface area contributed by atoms with Crippen LogP contribution in [0, 0.1) is 0 Å². The van der Waals surface area contributed by atoms with Gasteiger partial charge >= 0.3 is 12.4 Å². The zero-order valence-corrected chi connectivity index (χ0v) is 15.5. The quantitative estimate of drug-likeness (QED) is 0.318. The van der Waals surface area contributed by atoms with E-state index in [-0.39, 0.29) is 5.56 Å². The SMILES string of the molecule is O=c1[nH]c2ncccc2c2cc(NCc3cc(C(F)(F)F)ccc3C(F)(F)F)ccc12. The van der Waals surface area contributed by atoms with Gasteiger partial charge in [-0.3, -0.25) is 4.79 Å². The van der Waals surface area contributed by atoms with Gasteiger partial charge in [0, 0.05) is 34.6 Å². The van der Waals surface area contributed by atoms with Gasteiger partial charge in [0.1, 0.15) is 5.65 Å². The summed E-state index contributed by atoms with van der Waals surface area (Å²) in [5.41, 5.74) is -2.56. The third kappa shape index (κ3) is 4.05. The molecule has 10 heteroatoms. The lowest BCUT2D eigenvalue weighted by Gasteiger charge is -2.17. The van der Waals surface area contributed by atoms with E-state index < -0.39 is 35.6 Å². The first-order chi connectivity index (χ1) is 14.5. The Morgan fingerprint density at radius 1 is 0.871 bits per heavy atom. The van der Waals surface area contributed by atoms with Crippen molar-refractivity contribution >= 4 is 27.5 Å². The van der Waals surface area contributed by atoms with Crippen molar-refractivity contribution in [1.82, 2.24) is 9.97 Å². The number of H-pyrrole nitrogens is 1. The predicted octanol–water partition coefficient (Wildman–Crippen LogP) is 5.73. The van der Waals surface area contributed by atoms with E-state index in [0.717, 1.165) is 0 Å². The predicted molar refractivity (Wildman–Crippen MR) is 104 cm³/mol. The van der Waals surface area contributed by atoms with E-state index in [2.05, 4.69) is 15.3 Å². The van der Waals surface area contributed by atoms with Gasteiger partial charge in [0.15, 0.2) is 0 Å². The second-order valence-electron chi connectivity index (χ2n) is 6.84. The molecular weight excluding hydrogens is 424 g/mol. The maximum atomic E-state index is 13.3. The molecule has 0 aliphatic carbocycles. The summed E-state index contributed by atoms with van der Waals surface area (Å²) >= 11 is 0. The van der Waals surface area contributed by atoms with Crippen molar-refractivity contribution in [2.45, 2.75) is 18.9 Å². The number of benzene rings is 2. The first kappa shape index (κ1) is 20.7. The highest BCUT2D eigenvalue weighted by Gasteiger charge is 2.36. The Kier molecular flexibility index (Phi) is 4.87. The molecule has 2 aromatic heterocycles. The van der Waals surface area contributed by atoms with Crippen LogP contribution in [-0.2, 0) is 18.9 Å². The molecule has 0 fully saturated rings. The zero-order valence-electron chi connectivity index (χ0n) is 15.5. The normalized spacial score (nSPS) is 12.5. The number of pyridine rings is 2. The van der Waals surface area contributed by atoms with Crippen molar-refractivity contribution in [3.63, 3.8) is 0 Å². The minimum atomic E-state index is -4.81. The molecule has 0 radical (unpaired) electrons. The van der Waals surface area contributed by atoms with Crippen molar-refractivity contribution in [2.24, 2.45) is 0 Å². The van der Waals surface area contributed by atoms with E-state index in [4.69, 9.17) is 0 Å². The van der Waals surface area contributed by atoms with Crippen molar-refractivity contribution < 1.29 is 26.3 Å². The molecule has 2 aromatic carbocycles. The van der Waals surface area contributed by atoms with Crippen LogP contribution >= 0.6 is 0 Å². The topological polar surface area (TPSA) is 57.8 Å². The van der Waals surface area contributed by atoms with Gasteiger partial charge in [-0.2, -0.15) is 26.3 Å². The minimum Gasteiger partial charge on any atom is -0.381 e. The van der Waals surface area contributed by atoms with Crippen LogP contribution in [0.1, 0.15) is 16.7 Å². The van der Waals surface area contributed by atoms with Gasteiger partial charge in [0.2, 0.25) is 0 Å². The lowest BCUT2D eigenvalue weighted by molar-refractivity contribution is -0.141. The number of anilines is 1. The molecule has 160 valence electrons. The lowest BCUT2D eigenvalue weighted by Crippen LogP contribution is -2.15. The Bertz CT molecular complexity index is 1340. The van der Waals surface area contributed by atoms with E-state index in [1.807, 2.05) is 0 Å². The van der Waals surface area contributed by atoms with Crippen LogP contribution in [-0.4, -0.2) is 9.97 Å². The van der Waals surface area contributed by atoms with Gasteiger partial charge in [-0.15, -0.1) is 0 Å². The fourth-order valence-corrected chi connectivity index (χ4v) is 3.36. The van der Waals surface area contributed by atoms with Crippen LogP contribution in [0.25, 0.3) is 21.8 Å². The van der Waals surface area contributed by atoms with Crippen molar-refractivity contribution in [3.05, 3.63) is 81.8 Å². The molecule has 0 aliphatic rings. The molecule has 0 amide bonds. The number of fused-ring (bicyclic) bond motifs is 3. The molecule has 4 aromatic rings. The second-order valence-corrected chi connectivity index (χ2v) is 6.84. The number of aromatic nitrogens is 2. The smallest absolute Gasteiger partial charge is 0.381 e. The standard InChI is InChI=1S/C21H13F6N3O/c22-20(23,24)12-3-6-17(21(25,26)27)11(8-12)10-29-13-4-5-15-16(9-13)14-2-1-7-28-18(14)30-19(15)31/h1-9,29H,10H2,(H,28,30,31). The van der Waals surface area contributed by atoms with Crippen LogP contribution in [0.5, 0.6) is 0 Å². The van der Waals surface area contributed by atoms with Gasteiger partial charge < -0.3 is 10.3 Å². The van der Waals surface area contributed by atoms with E-state index in [9.17, 15) is 31.1 Å². The van der Waals surface area contributed by atoms with E-state index in [1.165, 1.54) is 18.3 Å². The Labute approximate surface area is 170 Å². The lowest BCUT2D eigenvalue weighted by atomic mass is 10.0. The molecule has 2 heterocycles. The number of aromatic amines is 1. The maximum absolute atomic E-state index is 13.3. The average molecular weight is 437 g/mol. The van der Waals surface area contributed by atoms with Gasteiger partial charge in [-0.25, -0.2) is 4.98 Å². The highest BCUT2D eigenvalue weighted by Crippen LogP contribution is 2.37. The summed E-state index contributed by atoms with van der Waals surface area (Å²) in [6, 6.07) is 9.22. The van der Waals surface area contributed by atoms with Gasteiger partial charge in [0.05, 0.1) is 11.1 Å². The molecule has 0 unspecified atom stereocenters. The van der Waals surface area contributed by atoms with Gasteiger partial charge in [0.25, 0.3) is 5.56 Å². The summed E-state index contributed by atoms with van der Waals surface area (Å²) in [6.07, 6.45) is -8.08. The number of halogens is 6. The first-order valence-electron chi connectivity index (χ1n) is 8.96. The van der Waals surface area contributed by atoms with Crippen LogP contribution in [0.15, 0.2) is 59.5 Å². The highest BCUT2D eigenvalue weighted by atomic mass is 19.4. The summed E-state index contributed by atoms with van der Waals surface area (Å²) in [5.74, 6) is 0. The van der Waals surface area contributed by atoms with Crippen LogP contribution in [0.4, 0.5) is 32.0 Å². The summed E-state index contributed by atoms with van der Waals surface area (Å²) in [5, 5.41) is 4.21. The molecule has 2 N–H and O–H groups in total. The Hall–Kier alpha value is -3.56. The van der Waals surface area contributed by atoms with Gasteiger partial charge in [-0.1, -0.05) is 0 Å². The Morgan fingerprint density at radius 3 is 2.35 bits per heavy atom. The second kappa shape index (κ2) is 7.29. The van der Waals surface area contributed by atoms with Gasteiger partial charge in [-0.05, 0) is 54.1 Å². The van der Waals surface area contributed by atoms with Crippen molar-refractivity contribution in [1.29, 1.82) is 0 Å². The first-order valence-corrected chi connectivity index (χ1v) is 8.96. The van der Waals surface area contributed by atoms with Crippen LogP contribution in [0.2, 0.25) is 0 Å². The van der Waals surface area contributed by atoms with Crippen LogP contribution < -0.4 is 10.9 Å². The fraction of sp³-hybridized carbons (Fsp3) is 0.143. The number of nitrogens with one attached hydrogen (secondary N) is 2. The molecule has 4 rings (SSSR count). The van der Waals surface area contributed by atoms with Crippen molar-refractivity contribution in [3.8, 4) is 0 Å². The molecular formula is C21H13F6N3O. The summed E-state index contributed by atoms with van der Waals surface area (Å²) in [6.45, 7) is -0.496. The molecule has 31 heavy (non-hydrogen) atoms. The number of rotatable bonds is 3. The number of alkyl halides is 6. The molecule has 0 aliphatic heterocycles. The molecule has 0 saturated carbocycles. The molecule has 4 nitrogen and oxygen atoms in total. The molecule has 0 bridgehead atoms.